The quantitative estimate of drug-likeness (QED) is 0.752. The van der Waals surface area contributed by atoms with E-state index in [2.05, 4.69) is 10.6 Å². The van der Waals surface area contributed by atoms with Crippen molar-refractivity contribution in [3.8, 4) is 5.75 Å². The van der Waals surface area contributed by atoms with Crippen molar-refractivity contribution in [2.24, 2.45) is 0 Å². The zero-order valence-corrected chi connectivity index (χ0v) is 15.9. The van der Waals surface area contributed by atoms with E-state index in [9.17, 15) is 9.59 Å². The second kappa shape index (κ2) is 9.43. The van der Waals surface area contributed by atoms with Crippen molar-refractivity contribution in [3.05, 3.63) is 52.5 Å². The maximum atomic E-state index is 12.1. The Bertz CT molecular complexity index is 799. The minimum absolute atomic E-state index is 0.0474. The largest absolute Gasteiger partial charge is 0.497 e. The molecule has 0 unspecified atom stereocenters. The average Bonchev–Trinajstić information content (AvgIpc) is 2.57. The fourth-order valence-corrected chi connectivity index (χ4v) is 2.52. The predicted molar refractivity (Wildman–Crippen MR) is 104 cm³/mol. The number of ether oxygens (including phenoxy) is 1. The molecule has 2 aromatic carbocycles. The third-order valence-corrected chi connectivity index (χ3v) is 4.12. The molecule has 6 nitrogen and oxygen atoms in total. The van der Waals surface area contributed by atoms with Crippen LogP contribution in [0.1, 0.15) is 0 Å². The summed E-state index contributed by atoms with van der Waals surface area (Å²) in [5.41, 5.74) is 1.17. The van der Waals surface area contributed by atoms with Gasteiger partial charge in [0.15, 0.2) is 0 Å². The van der Waals surface area contributed by atoms with E-state index in [1.807, 2.05) is 0 Å². The van der Waals surface area contributed by atoms with E-state index in [1.54, 1.807) is 61.5 Å². The molecule has 0 bridgehead atoms. The molecule has 0 radical (unpaired) electrons. The van der Waals surface area contributed by atoms with E-state index >= 15 is 0 Å². The fourth-order valence-electron chi connectivity index (χ4n) is 2.22. The minimum atomic E-state index is -0.264. The summed E-state index contributed by atoms with van der Waals surface area (Å²) in [4.78, 5) is 25.8. The summed E-state index contributed by atoms with van der Waals surface area (Å²) in [6, 6.07) is 11.9. The summed E-state index contributed by atoms with van der Waals surface area (Å²) < 4.78 is 5.11. The number of amides is 2. The maximum absolute atomic E-state index is 12.1. The zero-order valence-electron chi connectivity index (χ0n) is 14.4. The van der Waals surface area contributed by atoms with Crippen LogP contribution in [-0.2, 0) is 9.59 Å². The number of benzene rings is 2. The molecule has 0 aliphatic carbocycles. The third kappa shape index (κ3) is 6.22. The van der Waals surface area contributed by atoms with E-state index in [-0.39, 0.29) is 24.9 Å². The SMILES string of the molecule is COc1cccc(NC(=O)CN(C)CC(=O)Nc2ccc(Cl)c(Cl)c2)c1. The Morgan fingerprint density at radius 1 is 0.962 bits per heavy atom. The number of likely N-dealkylation sites (N-methyl/N-ethyl adjacent to an activating group) is 1. The molecule has 0 aromatic heterocycles. The molecule has 0 aliphatic heterocycles. The number of rotatable bonds is 7. The number of halogens is 2. The van der Waals surface area contributed by atoms with Crippen molar-refractivity contribution in [1.82, 2.24) is 4.90 Å². The molecule has 2 aromatic rings. The molecule has 26 heavy (non-hydrogen) atoms. The molecule has 0 saturated heterocycles. The van der Waals surface area contributed by atoms with E-state index in [1.165, 1.54) is 0 Å². The predicted octanol–water partition coefficient (Wildman–Crippen LogP) is 3.51. The summed E-state index contributed by atoms with van der Waals surface area (Å²) in [5.74, 6) is 0.153. The molecule has 2 N–H and O–H groups in total. The Labute approximate surface area is 162 Å². The average molecular weight is 396 g/mol. The highest BCUT2D eigenvalue weighted by Gasteiger charge is 2.12. The van der Waals surface area contributed by atoms with Gasteiger partial charge in [0.25, 0.3) is 0 Å². The molecule has 0 fully saturated rings. The Kier molecular flexibility index (Phi) is 7.26. The number of hydrogen-bond donors (Lipinski definition) is 2. The number of methoxy groups -OCH3 is 1. The Morgan fingerprint density at radius 2 is 1.58 bits per heavy atom. The summed E-state index contributed by atoms with van der Waals surface area (Å²) >= 11 is 11.8. The van der Waals surface area contributed by atoms with Gasteiger partial charge in [-0.2, -0.15) is 0 Å². The Hall–Kier alpha value is -2.28. The molecule has 0 spiro atoms. The molecule has 8 heteroatoms. The van der Waals surface area contributed by atoms with Crippen molar-refractivity contribution in [3.63, 3.8) is 0 Å². The van der Waals surface area contributed by atoms with Gasteiger partial charge in [0.05, 0.1) is 30.2 Å². The van der Waals surface area contributed by atoms with Gasteiger partial charge >= 0.3 is 0 Å². The minimum Gasteiger partial charge on any atom is -0.497 e. The topological polar surface area (TPSA) is 70.7 Å². The summed E-state index contributed by atoms with van der Waals surface area (Å²) in [6.45, 7) is 0.109. The molecule has 2 amide bonds. The first-order chi connectivity index (χ1) is 12.4. The monoisotopic (exact) mass is 395 g/mol. The van der Waals surface area contributed by atoms with Crippen LogP contribution in [0.25, 0.3) is 0 Å². The van der Waals surface area contributed by atoms with Crippen molar-refractivity contribution in [1.29, 1.82) is 0 Å². The van der Waals surface area contributed by atoms with Crippen LogP contribution in [-0.4, -0.2) is 44.0 Å². The van der Waals surface area contributed by atoms with Crippen LogP contribution in [0.5, 0.6) is 5.75 Å². The van der Waals surface area contributed by atoms with Crippen LogP contribution in [0.2, 0.25) is 10.0 Å². The molecule has 0 atom stereocenters. The molecule has 2 rings (SSSR count). The van der Waals surface area contributed by atoms with E-state index in [0.29, 0.717) is 27.2 Å². The van der Waals surface area contributed by atoms with Gasteiger partial charge in [-0.15, -0.1) is 0 Å². The Morgan fingerprint density at radius 3 is 2.15 bits per heavy atom. The van der Waals surface area contributed by atoms with Gasteiger partial charge in [0.2, 0.25) is 11.8 Å². The van der Waals surface area contributed by atoms with Crippen LogP contribution in [0.4, 0.5) is 11.4 Å². The maximum Gasteiger partial charge on any atom is 0.238 e. The molecular weight excluding hydrogens is 377 g/mol. The number of carbonyl (C=O) groups is 2. The van der Waals surface area contributed by atoms with Gasteiger partial charge in [0, 0.05) is 17.4 Å². The molecule has 138 valence electrons. The highest BCUT2D eigenvalue weighted by Crippen LogP contribution is 2.24. The van der Waals surface area contributed by atoms with E-state index < -0.39 is 0 Å². The molecule has 0 saturated carbocycles. The summed E-state index contributed by atoms with van der Waals surface area (Å²) in [7, 11) is 3.24. The zero-order chi connectivity index (χ0) is 19.1. The van der Waals surface area contributed by atoms with Crippen LogP contribution in [0.3, 0.4) is 0 Å². The van der Waals surface area contributed by atoms with Crippen molar-refractivity contribution >= 4 is 46.4 Å². The van der Waals surface area contributed by atoms with Crippen LogP contribution < -0.4 is 15.4 Å². The van der Waals surface area contributed by atoms with Crippen molar-refractivity contribution < 1.29 is 14.3 Å². The number of nitrogens with zero attached hydrogens (tertiary/aromatic N) is 1. The molecule has 0 heterocycles. The standard InChI is InChI=1S/C18H19Cl2N3O3/c1-23(10-17(24)21-12-4-3-5-14(8-12)26-2)11-18(25)22-13-6-7-15(19)16(20)9-13/h3-9H,10-11H2,1-2H3,(H,21,24)(H,22,25). The molecule has 0 aliphatic rings. The highest BCUT2D eigenvalue weighted by molar-refractivity contribution is 6.42. The summed E-state index contributed by atoms with van der Waals surface area (Å²) in [6.07, 6.45) is 0. The first-order valence-electron chi connectivity index (χ1n) is 7.74. The van der Waals surface area contributed by atoms with Gasteiger partial charge in [-0.3, -0.25) is 14.5 Å². The van der Waals surface area contributed by atoms with Crippen LogP contribution in [0.15, 0.2) is 42.5 Å². The second-order valence-corrected chi connectivity index (χ2v) is 6.44. The van der Waals surface area contributed by atoms with Crippen LogP contribution in [0, 0.1) is 0 Å². The highest BCUT2D eigenvalue weighted by atomic mass is 35.5. The van der Waals surface area contributed by atoms with Crippen molar-refractivity contribution in [2.45, 2.75) is 0 Å². The fraction of sp³-hybridized carbons (Fsp3) is 0.222. The van der Waals surface area contributed by atoms with Gasteiger partial charge in [-0.25, -0.2) is 0 Å². The summed E-state index contributed by atoms with van der Waals surface area (Å²) in [5, 5.41) is 6.24. The van der Waals surface area contributed by atoms with E-state index in [4.69, 9.17) is 27.9 Å². The lowest BCUT2D eigenvalue weighted by molar-refractivity contribution is -0.119. The first kappa shape index (κ1) is 20.0. The van der Waals surface area contributed by atoms with Gasteiger partial charge in [-0.1, -0.05) is 29.3 Å². The normalized spacial score (nSPS) is 10.5. The second-order valence-electron chi connectivity index (χ2n) is 5.63. The number of nitrogens with one attached hydrogen (secondary N) is 2. The number of hydrogen-bond acceptors (Lipinski definition) is 4. The smallest absolute Gasteiger partial charge is 0.238 e. The number of carbonyl (C=O) groups excluding carboxylic acids is 2. The van der Waals surface area contributed by atoms with Gasteiger partial charge in [0.1, 0.15) is 5.75 Å². The Balaban J connectivity index is 1.82. The van der Waals surface area contributed by atoms with Gasteiger partial charge < -0.3 is 15.4 Å². The molecular formula is C18H19Cl2N3O3. The van der Waals surface area contributed by atoms with Gasteiger partial charge in [-0.05, 0) is 37.4 Å². The van der Waals surface area contributed by atoms with E-state index in [0.717, 1.165) is 0 Å². The van der Waals surface area contributed by atoms with Crippen molar-refractivity contribution in [2.75, 3.05) is 37.9 Å². The van der Waals surface area contributed by atoms with Crippen LogP contribution >= 0.6 is 23.2 Å². The lowest BCUT2D eigenvalue weighted by atomic mass is 10.3. The first-order valence-corrected chi connectivity index (χ1v) is 8.50. The lowest BCUT2D eigenvalue weighted by Gasteiger charge is -2.16. The number of anilines is 2. The third-order valence-electron chi connectivity index (χ3n) is 3.38. The lowest BCUT2D eigenvalue weighted by Crippen LogP contribution is -2.36.